The Kier molecular flexibility index (Phi) is 2.91. The monoisotopic (exact) mass is 267 g/mol. The number of hydrogen-bond acceptors (Lipinski definition) is 2. The number of pyridine rings is 1. The van der Waals surface area contributed by atoms with Crippen molar-refractivity contribution in [2.24, 2.45) is 0 Å². The first-order chi connectivity index (χ1) is 9.16. The first-order valence-corrected chi connectivity index (χ1v) is 6.52. The average Bonchev–Trinajstić information content (AvgIpc) is 2.43. The lowest BCUT2D eigenvalue weighted by atomic mass is 10.1. The topological polar surface area (TPSA) is 32.9 Å². The summed E-state index contributed by atoms with van der Waals surface area (Å²) in [4.78, 5) is 16.1. The SMILES string of the molecule is Cc1cccc(-c2[nH]c3ccccc3c(=O)c2S)c1. The largest absolute Gasteiger partial charge is 0.353 e. The number of H-pyrrole nitrogens is 1. The molecule has 2 aromatic carbocycles. The van der Waals surface area contributed by atoms with E-state index >= 15 is 0 Å². The van der Waals surface area contributed by atoms with Gasteiger partial charge >= 0.3 is 0 Å². The van der Waals surface area contributed by atoms with Crippen LogP contribution in [0.25, 0.3) is 22.2 Å². The summed E-state index contributed by atoms with van der Waals surface area (Å²) in [5, 5.41) is 0.670. The molecular formula is C16H13NOS. The number of benzene rings is 2. The lowest BCUT2D eigenvalue weighted by Gasteiger charge is -2.08. The van der Waals surface area contributed by atoms with Gasteiger partial charge in [0.05, 0.1) is 10.6 Å². The molecule has 0 saturated carbocycles. The van der Waals surface area contributed by atoms with Gasteiger partial charge in [-0.3, -0.25) is 4.79 Å². The van der Waals surface area contributed by atoms with Crippen molar-refractivity contribution in [1.82, 2.24) is 4.98 Å². The van der Waals surface area contributed by atoms with Gasteiger partial charge in [-0.1, -0.05) is 35.9 Å². The summed E-state index contributed by atoms with van der Waals surface area (Å²) in [5.41, 5.74) is 3.71. The van der Waals surface area contributed by atoms with Gasteiger partial charge in [-0.05, 0) is 30.7 Å². The number of nitrogens with one attached hydrogen (secondary N) is 1. The second-order valence-electron chi connectivity index (χ2n) is 4.59. The van der Waals surface area contributed by atoms with Crippen LogP contribution in [0.4, 0.5) is 0 Å². The van der Waals surface area contributed by atoms with Crippen LogP contribution in [0.5, 0.6) is 0 Å². The minimum Gasteiger partial charge on any atom is -0.353 e. The van der Waals surface area contributed by atoms with Crippen LogP contribution in [0.2, 0.25) is 0 Å². The molecular weight excluding hydrogens is 254 g/mol. The van der Waals surface area contributed by atoms with Crippen molar-refractivity contribution in [3.63, 3.8) is 0 Å². The third-order valence-corrected chi connectivity index (χ3v) is 3.62. The molecule has 19 heavy (non-hydrogen) atoms. The summed E-state index contributed by atoms with van der Waals surface area (Å²) in [5.74, 6) is 0. The Hall–Kier alpha value is -2.00. The van der Waals surface area contributed by atoms with Crippen molar-refractivity contribution in [3.05, 3.63) is 64.3 Å². The Morgan fingerprint density at radius 1 is 1.05 bits per heavy atom. The van der Waals surface area contributed by atoms with Crippen molar-refractivity contribution in [3.8, 4) is 11.3 Å². The van der Waals surface area contributed by atoms with Crippen molar-refractivity contribution < 1.29 is 0 Å². The lowest BCUT2D eigenvalue weighted by molar-refractivity contribution is 1.26. The van der Waals surface area contributed by atoms with E-state index in [0.29, 0.717) is 10.3 Å². The fourth-order valence-electron chi connectivity index (χ4n) is 2.23. The van der Waals surface area contributed by atoms with E-state index in [9.17, 15) is 4.79 Å². The van der Waals surface area contributed by atoms with Crippen LogP contribution >= 0.6 is 12.6 Å². The smallest absolute Gasteiger partial charge is 0.203 e. The zero-order valence-corrected chi connectivity index (χ0v) is 11.4. The van der Waals surface area contributed by atoms with Gasteiger partial charge in [0.25, 0.3) is 0 Å². The normalized spacial score (nSPS) is 10.8. The number of aromatic nitrogens is 1. The van der Waals surface area contributed by atoms with Gasteiger partial charge in [0.1, 0.15) is 0 Å². The van der Waals surface area contributed by atoms with Crippen LogP contribution in [0.15, 0.2) is 58.2 Å². The first-order valence-electron chi connectivity index (χ1n) is 6.08. The van der Waals surface area contributed by atoms with E-state index in [-0.39, 0.29) is 5.43 Å². The molecule has 0 saturated heterocycles. The van der Waals surface area contributed by atoms with E-state index in [2.05, 4.69) is 17.6 Å². The predicted octanol–water partition coefficient (Wildman–Crippen LogP) is 3.79. The summed E-state index contributed by atoms with van der Waals surface area (Å²) >= 11 is 4.39. The van der Waals surface area contributed by atoms with E-state index in [1.54, 1.807) is 0 Å². The molecule has 0 fully saturated rings. The molecule has 2 nitrogen and oxygen atoms in total. The maximum atomic E-state index is 12.3. The maximum Gasteiger partial charge on any atom is 0.203 e. The average molecular weight is 267 g/mol. The molecule has 0 bridgehead atoms. The van der Waals surface area contributed by atoms with Gasteiger partial charge in [0, 0.05) is 10.9 Å². The highest BCUT2D eigenvalue weighted by Gasteiger charge is 2.10. The van der Waals surface area contributed by atoms with Crippen molar-refractivity contribution in [2.45, 2.75) is 11.8 Å². The summed E-state index contributed by atoms with van der Waals surface area (Å²) in [6.45, 7) is 2.03. The second-order valence-corrected chi connectivity index (χ2v) is 5.04. The molecule has 0 unspecified atom stereocenters. The Morgan fingerprint density at radius 2 is 1.84 bits per heavy atom. The number of thiol groups is 1. The number of aryl methyl sites for hydroxylation is 1. The van der Waals surface area contributed by atoms with Crippen LogP contribution in [-0.2, 0) is 0 Å². The molecule has 0 spiro atoms. The van der Waals surface area contributed by atoms with E-state index in [4.69, 9.17) is 0 Å². The highest BCUT2D eigenvalue weighted by Crippen LogP contribution is 2.25. The van der Waals surface area contributed by atoms with Crippen LogP contribution < -0.4 is 5.43 Å². The van der Waals surface area contributed by atoms with Gasteiger partial charge in [0.15, 0.2) is 0 Å². The summed E-state index contributed by atoms with van der Waals surface area (Å²) < 4.78 is 0. The summed E-state index contributed by atoms with van der Waals surface area (Å²) in [6, 6.07) is 15.5. The zero-order valence-electron chi connectivity index (χ0n) is 10.5. The first kappa shape index (κ1) is 12.1. The van der Waals surface area contributed by atoms with E-state index in [0.717, 1.165) is 22.3 Å². The third-order valence-electron chi connectivity index (χ3n) is 3.19. The van der Waals surface area contributed by atoms with Crippen LogP contribution in [0.3, 0.4) is 0 Å². The van der Waals surface area contributed by atoms with E-state index in [1.807, 2.05) is 55.5 Å². The molecule has 0 amide bonds. The van der Waals surface area contributed by atoms with Crippen LogP contribution in [0.1, 0.15) is 5.56 Å². The predicted molar refractivity (Wildman–Crippen MR) is 82.0 cm³/mol. The molecule has 1 N–H and O–H groups in total. The van der Waals surface area contributed by atoms with Crippen LogP contribution in [-0.4, -0.2) is 4.98 Å². The highest BCUT2D eigenvalue weighted by molar-refractivity contribution is 7.80. The minimum absolute atomic E-state index is 0.0332. The zero-order chi connectivity index (χ0) is 13.4. The Bertz CT molecular complexity index is 820. The number of hydrogen-bond donors (Lipinski definition) is 2. The number of fused-ring (bicyclic) bond motifs is 1. The Morgan fingerprint density at radius 3 is 2.63 bits per heavy atom. The molecule has 1 aromatic heterocycles. The number of rotatable bonds is 1. The van der Waals surface area contributed by atoms with Crippen LogP contribution in [0, 0.1) is 6.92 Å². The van der Waals surface area contributed by atoms with Gasteiger partial charge in [0.2, 0.25) is 5.43 Å². The molecule has 0 radical (unpaired) electrons. The maximum absolute atomic E-state index is 12.3. The second kappa shape index (κ2) is 4.59. The molecule has 3 aromatic rings. The molecule has 0 aliphatic heterocycles. The fraction of sp³-hybridized carbons (Fsp3) is 0.0625. The quantitative estimate of drug-likeness (QED) is 0.646. The molecule has 3 rings (SSSR count). The molecule has 94 valence electrons. The molecule has 0 aliphatic rings. The lowest BCUT2D eigenvalue weighted by Crippen LogP contribution is -2.06. The Balaban J connectivity index is 2.36. The van der Waals surface area contributed by atoms with Crippen molar-refractivity contribution in [1.29, 1.82) is 0 Å². The van der Waals surface area contributed by atoms with E-state index in [1.165, 1.54) is 0 Å². The van der Waals surface area contributed by atoms with Gasteiger partial charge < -0.3 is 4.98 Å². The van der Waals surface area contributed by atoms with Gasteiger partial charge in [-0.2, -0.15) is 0 Å². The van der Waals surface area contributed by atoms with Crippen molar-refractivity contribution in [2.75, 3.05) is 0 Å². The highest BCUT2D eigenvalue weighted by atomic mass is 32.1. The van der Waals surface area contributed by atoms with Crippen molar-refractivity contribution >= 4 is 23.5 Å². The fourth-order valence-corrected chi connectivity index (χ4v) is 2.54. The molecule has 3 heteroatoms. The van der Waals surface area contributed by atoms with Gasteiger partial charge in [-0.25, -0.2) is 0 Å². The summed E-state index contributed by atoms with van der Waals surface area (Å²) in [7, 11) is 0. The van der Waals surface area contributed by atoms with Gasteiger partial charge in [-0.15, -0.1) is 12.6 Å². The Labute approximate surface area is 116 Å². The molecule has 0 aliphatic carbocycles. The minimum atomic E-state index is -0.0332. The standard InChI is InChI=1S/C16H13NOS/c1-10-5-4-6-11(9-10)14-16(19)15(18)12-7-2-3-8-13(12)17-14/h2-9,19H,1H3,(H,17,18). The summed E-state index contributed by atoms with van der Waals surface area (Å²) in [6.07, 6.45) is 0. The van der Waals surface area contributed by atoms with E-state index < -0.39 is 0 Å². The number of para-hydroxylation sites is 1. The molecule has 1 heterocycles. The number of aromatic amines is 1. The third kappa shape index (κ3) is 2.06. The molecule has 0 atom stereocenters.